The minimum Gasteiger partial charge on any atom is -0.493 e. The Morgan fingerprint density at radius 1 is 1.10 bits per heavy atom. The highest BCUT2D eigenvalue weighted by Crippen LogP contribution is 2.36. The number of aromatic amines is 1. The molecule has 0 aliphatic heterocycles. The summed E-state index contributed by atoms with van der Waals surface area (Å²) in [5.41, 5.74) is 3.19. The molecular weight excluding hydrogens is 370 g/mol. The fourth-order valence-corrected chi connectivity index (χ4v) is 3.34. The van der Waals surface area contributed by atoms with E-state index >= 15 is 0 Å². The molecule has 0 saturated carbocycles. The van der Waals surface area contributed by atoms with E-state index in [9.17, 15) is 4.79 Å². The molecule has 0 saturated heterocycles. The Balaban J connectivity index is 1.70. The molecule has 2 aromatic heterocycles. The van der Waals surface area contributed by atoms with Gasteiger partial charge in [-0.1, -0.05) is 6.07 Å². The molecule has 7 nitrogen and oxygen atoms in total. The van der Waals surface area contributed by atoms with Crippen LogP contribution in [0.4, 0.5) is 0 Å². The number of carbonyl (C=O) groups is 1. The van der Waals surface area contributed by atoms with Crippen molar-refractivity contribution in [1.29, 1.82) is 5.26 Å². The number of nitrogens with zero attached hydrogens (tertiary/aromatic N) is 2. The van der Waals surface area contributed by atoms with Crippen LogP contribution in [0.15, 0.2) is 36.5 Å². The van der Waals surface area contributed by atoms with Gasteiger partial charge < -0.3 is 24.0 Å². The lowest BCUT2D eigenvalue weighted by Gasteiger charge is -2.12. The summed E-state index contributed by atoms with van der Waals surface area (Å²) in [5, 5.41) is 12.0. The molecule has 0 amide bonds. The Morgan fingerprint density at radius 3 is 2.79 bits per heavy atom. The molecule has 0 unspecified atom stereocenters. The van der Waals surface area contributed by atoms with Gasteiger partial charge in [0.25, 0.3) is 0 Å². The van der Waals surface area contributed by atoms with Crippen molar-refractivity contribution >= 4 is 39.0 Å². The minimum absolute atomic E-state index is 0.340. The number of hydrogen-bond acceptors (Lipinski definition) is 6. The van der Waals surface area contributed by atoms with Gasteiger partial charge >= 0.3 is 0 Å². The van der Waals surface area contributed by atoms with Gasteiger partial charge in [0.1, 0.15) is 12.9 Å². The van der Waals surface area contributed by atoms with Crippen LogP contribution >= 0.6 is 0 Å². The van der Waals surface area contributed by atoms with Crippen molar-refractivity contribution in [1.82, 2.24) is 9.97 Å². The van der Waals surface area contributed by atoms with E-state index in [1.165, 1.54) is 0 Å². The third-order valence-electron chi connectivity index (χ3n) is 4.72. The molecule has 0 fully saturated rings. The zero-order chi connectivity index (χ0) is 20.2. The first-order valence-electron chi connectivity index (χ1n) is 9.21. The number of aldehydes is 1. The molecule has 2 aromatic carbocycles. The second kappa shape index (κ2) is 8.17. The third-order valence-corrected chi connectivity index (χ3v) is 4.72. The summed E-state index contributed by atoms with van der Waals surface area (Å²) in [6.45, 7) is 1.10. The van der Waals surface area contributed by atoms with Crippen molar-refractivity contribution in [2.24, 2.45) is 0 Å². The topological polar surface area (TPSA) is 97.2 Å². The standard InChI is InChI=1S/C22H19N3O4/c1-27-20-10-16-18(11-21(20)29-8-7-28-6-2-5-26)24-13-17-15-4-3-14(12-23)9-19(15)25-22(16)17/h3-5,9-11,13,25H,2,6-8H2,1H3. The quantitative estimate of drug-likeness (QED) is 0.364. The first kappa shape index (κ1) is 18.7. The third kappa shape index (κ3) is 3.58. The summed E-state index contributed by atoms with van der Waals surface area (Å²) in [6, 6.07) is 11.5. The Bertz CT molecular complexity index is 1240. The van der Waals surface area contributed by atoms with Crippen LogP contribution in [0.5, 0.6) is 11.5 Å². The van der Waals surface area contributed by atoms with Crippen molar-refractivity contribution in [3.05, 3.63) is 42.1 Å². The summed E-state index contributed by atoms with van der Waals surface area (Å²) in [6.07, 6.45) is 3.02. The number of aromatic nitrogens is 2. The van der Waals surface area contributed by atoms with Crippen LogP contribution in [0.25, 0.3) is 32.7 Å². The first-order valence-corrected chi connectivity index (χ1v) is 9.21. The average Bonchev–Trinajstić information content (AvgIpc) is 3.13. The maximum atomic E-state index is 10.3. The zero-order valence-electron chi connectivity index (χ0n) is 15.9. The van der Waals surface area contributed by atoms with Gasteiger partial charge in [0, 0.05) is 40.4 Å². The number of fused-ring (bicyclic) bond motifs is 5. The molecule has 0 aliphatic rings. The highest BCUT2D eigenvalue weighted by molar-refractivity contribution is 6.16. The Morgan fingerprint density at radius 2 is 2.00 bits per heavy atom. The molecular formula is C22H19N3O4. The van der Waals surface area contributed by atoms with E-state index in [2.05, 4.69) is 16.0 Å². The monoisotopic (exact) mass is 389 g/mol. The van der Waals surface area contributed by atoms with E-state index in [1.807, 2.05) is 30.5 Å². The lowest BCUT2D eigenvalue weighted by atomic mass is 10.1. The van der Waals surface area contributed by atoms with E-state index < -0.39 is 0 Å². The second-order valence-electron chi connectivity index (χ2n) is 6.48. The summed E-state index contributed by atoms with van der Waals surface area (Å²) >= 11 is 0. The summed E-state index contributed by atoms with van der Waals surface area (Å²) in [7, 11) is 1.59. The number of hydrogen-bond donors (Lipinski definition) is 1. The Kier molecular flexibility index (Phi) is 5.27. The lowest BCUT2D eigenvalue weighted by Crippen LogP contribution is -2.08. The number of nitrogens with one attached hydrogen (secondary N) is 1. The van der Waals surface area contributed by atoms with Gasteiger partial charge in [0.2, 0.25) is 0 Å². The van der Waals surface area contributed by atoms with Gasteiger partial charge in [-0.15, -0.1) is 0 Å². The average molecular weight is 389 g/mol. The van der Waals surface area contributed by atoms with Gasteiger partial charge in [0.05, 0.1) is 43.0 Å². The number of ether oxygens (including phenoxy) is 3. The molecule has 0 spiro atoms. The summed E-state index contributed by atoms with van der Waals surface area (Å²) in [5.74, 6) is 1.17. The van der Waals surface area contributed by atoms with E-state index in [1.54, 1.807) is 13.2 Å². The predicted octanol–water partition coefficient (Wildman–Crippen LogP) is 3.73. The van der Waals surface area contributed by atoms with Crippen LogP contribution in [0.1, 0.15) is 12.0 Å². The van der Waals surface area contributed by atoms with E-state index in [-0.39, 0.29) is 0 Å². The molecule has 1 N–H and O–H groups in total. The molecule has 29 heavy (non-hydrogen) atoms. The van der Waals surface area contributed by atoms with Gasteiger partial charge in [-0.3, -0.25) is 4.98 Å². The highest BCUT2D eigenvalue weighted by atomic mass is 16.5. The molecule has 146 valence electrons. The van der Waals surface area contributed by atoms with Crippen molar-refractivity contribution in [2.45, 2.75) is 6.42 Å². The van der Waals surface area contributed by atoms with E-state index in [4.69, 9.17) is 19.5 Å². The predicted molar refractivity (Wildman–Crippen MR) is 109 cm³/mol. The lowest BCUT2D eigenvalue weighted by molar-refractivity contribution is -0.108. The number of methoxy groups -OCH3 is 1. The van der Waals surface area contributed by atoms with Crippen LogP contribution < -0.4 is 9.47 Å². The molecule has 4 aromatic rings. The number of rotatable bonds is 8. The van der Waals surface area contributed by atoms with Gasteiger partial charge in [-0.05, 0) is 18.2 Å². The molecule has 2 heterocycles. The van der Waals surface area contributed by atoms with Gasteiger partial charge in [0.15, 0.2) is 11.5 Å². The summed E-state index contributed by atoms with van der Waals surface area (Å²) < 4.78 is 16.6. The zero-order valence-corrected chi connectivity index (χ0v) is 15.9. The summed E-state index contributed by atoms with van der Waals surface area (Å²) in [4.78, 5) is 18.3. The van der Waals surface area contributed by atoms with Gasteiger partial charge in [-0.25, -0.2) is 0 Å². The number of nitriles is 1. The SMILES string of the molecule is COc1cc2c(cc1OCCOCCC=O)ncc1c3ccc(C#N)cc3[nH]c21. The normalized spacial score (nSPS) is 11.0. The Hall–Kier alpha value is -3.63. The molecule has 0 radical (unpaired) electrons. The highest BCUT2D eigenvalue weighted by Gasteiger charge is 2.13. The molecule has 4 rings (SSSR count). The molecule has 7 heteroatoms. The molecule has 0 aliphatic carbocycles. The fourth-order valence-electron chi connectivity index (χ4n) is 3.34. The largest absolute Gasteiger partial charge is 0.493 e. The van der Waals surface area contributed by atoms with Crippen LogP contribution in [0, 0.1) is 11.3 Å². The van der Waals surface area contributed by atoms with Crippen molar-refractivity contribution in [3.63, 3.8) is 0 Å². The number of H-pyrrole nitrogens is 1. The van der Waals surface area contributed by atoms with Gasteiger partial charge in [-0.2, -0.15) is 5.26 Å². The van der Waals surface area contributed by atoms with Crippen molar-refractivity contribution in [3.8, 4) is 17.6 Å². The van der Waals surface area contributed by atoms with Crippen molar-refractivity contribution in [2.75, 3.05) is 26.9 Å². The number of benzene rings is 2. The first-order chi connectivity index (χ1) is 14.2. The minimum atomic E-state index is 0.340. The molecule has 0 bridgehead atoms. The van der Waals surface area contributed by atoms with Crippen LogP contribution in [0.3, 0.4) is 0 Å². The molecule has 0 atom stereocenters. The van der Waals surface area contributed by atoms with Crippen LogP contribution in [-0.4, -0.2) is 43.2 Å². The van der Waals surface area contributed by atoms with Crippen molar-refractivity contribution < 1.29 is 19.0 Å². The van der Waals surface area contributed by atoms with E-state index in [0.29, 0.717) is 43.3 Å². The number of carbonyl (C=O) groups excluding carboxylic acids is 1. The van der Waals surface area contributed by atoms with Crippen LogP contribution in [0.2, 0.25) is 0 Å². The van der Waals surface area contributed by atoms with E-state index in [0.717, 1.165) is 39.0 Å². The Labute approximate surface area is 166 Å². The van der Waals surface area contributed by atoms with Crippen LogP contribution in [-0.2, 0) is 9.53 Å². The smallest absolute Gasteiger partial charge is 0.163 e. The maximum absolute atomic E-state index is 10.3. The number of pyridine rings is 1. The fraction of sp³-hybridized carbons (Fsp3) is 0.227. The maximum Gasteiger partial charge on any atom is 0.163 e. The second-order valence-corrected chi connectivity index (χ2v) is 6.48.